The van der Waals surface area contributed by atoms with Crippen molar-refractivity contribution >= 4 is 23.7 Å². The van der Waals surface area contributed by atoms with E-state index in [0.29, 0.717) is 45.2 Å². The molecule has 3 aliphatic rings. The number of unbranched alkanes of at least 4 members (excludes halogenated alkanes) is 3. The number of esters is 1. The van der Waals surface area contributed by atoms with Gasteiger partial charge in [-0.05, 0) is 70.3 Å². The van der Waals surface area contributed by atoms with Gasteiger partial charge < -0.3 is 29.7 Å². The van der Waals surface area contributed by atoms with Gasteiger partial charge in [0, 0.05) is 31.7 Å². The quantitative estimate of drug-likeness (QED) is 0.104. The standard InChI is InChI=1S/C41H61N3O7/c1-9-11-21-31(46)42-28(3)34(29-19-15-14-16-20-29)50-38(49)32-30-22-23-41(51-30)33(32)36(47)43(25-17-12-13-18-26-45)35(41)37(48)44(24-10-2)40(7,8)27-39(4,5)6/h9-10,14-16,19-20,28,30,32-35,45H,1-2,11-13,17-18,21-27H2,3-8H3,(H,42,46)/t28-,30+,32-,33-,34-,35+,41-/m1/s1. The van der Waals surface area contributed by atoms with Crippen molar-refractivity contribution in [2.24, 2.45) is 17.3 Å². The van der Waals surface area contributed by atoms with E-state index in [9.17, 15) is 24.3 Å². The minimum absolute atomic E-state index is 0.0728. The molecule has 2 bridgehead atoms. The first kappa shape index (κ1) is 40.3. The molecule has 0 radical (unpaired) electrons. The van der Waals surface area contributed by atoms with Gasteiger partial charge in [0.1, 0.15) is 17.7 Å². The Kier molecular flexibility index (Phi) is 13.3. The molecule has 282 valence electrons. The van der Waals surface area contributed by atoms with E-state index in [4.69, 9.17) is 9.47 Å². The largest absolute Gasteiger partial charge is 0.455 e. The fourth-order valence-electron chi connectivity index (χ4n) is 8.93. The molecule has 3 heterocycles. The van der Waals surface area contributed by atoms with Gasteiger partial charge in [0.05, 0.1) is 24.0 Å². The summed E-state index contributed by atoms with van der Waals surface area (Å²) in [6.45, 7) is 20.8. The SMILES string of the molecule is C=CCCC(=O)N[C@H](C)[C@@H](OC(=O)[C@@H]1[C@@H]2CC[C@]3(O2)[C@H](C(=O)N(CC=C)C(C)(C)CC(C)(C)C)N(CCCCCCO)C(=O)[C@@H]13)c1ccccc1. The summed E-state index contributed by atoms with van der Waals surface area (Å²) in [5, 5.41) is 12.3. The zero-order valence-corrected chi connectivity index (χ0v) is 31.7. The van der Waals surface area contributed by atoms with Gasteiger partial charge in [-0.1, -0.05) is 76.1 Å². The van der Waals surface area contributed by atoms with Crippen LogP contribution in [0.3, 0.4) is 0 Å². The number of likely N-dealkylation sites (tertiary alicyclic amines) is 1. The highest BCUT2D eigenvalue weighted by atomic mass is 16.6. The summed E-state index contributed by atoms with van der Waals surface area (Å²) in [5.74, 6) is -2.96. The van der Waals surface area contributed by atoms with E-state index in [2.05, 4.69) is 53.1 Å². The molecule has 0 unspecified atom stereocenters. The van der Waals surface area contributed by atoms with Crippen molar-refractivity contribution in [1.29, 1.82) is 0 Å². The molecule has 2 N–H and O–H groups in total. The van der Waals surface area contributed by atoms with Crippen LogP contribution in [0.15, 0.2) is 55.6 Å². The van der Waals surface area contributed by atoms with Gasteiger partial charge in [0.15, 0.2) is 0 Å². The van der Waals surface area contributed by atoms with Crippen LogP contribution in [0, 0.1) is 17.3 Å². The average Bonchev–Trinajstić information content (AvgIpc) is 3.71. The first-order chi connectivity index (χ1) is 24.1. The molecule has 0 aromatic heterocycles. The number of fused-ring (bicyclic) bond motifs is 1. The van der Waals surface area contributed by atoms with Crippen LogP contribution in [-0.4, -0.2) is 87.6 Å². The number of aliphatic hydroxyl groups excluding tert-OH is 1. The number of carbonyl (C=O) groups is 4. The van der Waals surface area contributed by atoms with Crippen LogP contribution >= 0.6 is 0 Å². The number of hydrogen-bond donors (Lipinski definition) is 2. The average molecular weight is 708 g/mol. The van der Waals surface area contributed by atoms with Crippen LogP contribution < -0.4 is 5.32 Å². The third-order valence-corrected chi connectivity index (χ3v) is 10.7. The van der Waals surface area contributed by atoms with Gasteiger partial charge in [0.2, 0.25) is 17.7 Å². The van der Waals surface area contributed by atoms with E-state index >= 15 is 0 Å². The van der Waals surface area contributed by atoms with E-state index in [0.717, 1.165) is 24.8 Å². The molecule has 1 spiro atoms. The molecular weight excluding hydrogens is 646 g/mol. The molecule has 7 atom stereocenters. The van der Waals surface area contributed by atoms with Crippen LogP contribution in [0.1, 0.15) is 111 Å². The second-order valence-corrected chi connectivity index (χ2v) is 16.5. The van der Waals surface area contributed by atoms with Gasteiger partial charge in [-0.3, -0.25) is 19.2 Å². The zero-order chi connectivity index (χ0) is 37.6. The smallest absolute Gasteiger partial charge is 0.313 e. The normalized spacial score (nSPS) is 25.2. The van der Waals surface area contributed by atoms with Crippen molar-refractivity contribution in [1.82, 2.24) is 15.1 Å². The van der Waals surface area contributed by atoms with E-state index < -0.39 is 53.2 Å². The lowest BCUT2D eigenvalue weighted by Gasteiger charge is -2.45. The van der Waals surface area contributed by atoms with Crippen molar-refractivity contribution in [3.63, 3.8) is 0 Å². The molecular formula is C41H61N3O7. The molecule has 3 saturated heterocycles. The number of ether oxygens (including phenoxy) is 2. The van der Waals surface area contributed by atoms with E-state index in [-0.39, 0.29) is 36.2 Å². The van der Waals surface area contributed by atoms with Gasteiger partial charge in [0.25, 0.3) is 0 Å². The summed E-state index contributed by atoms with van der Waals surface area (Å²) < 4.78 is 13.0. The summed E-state index contributed by atoms with van der Waals surface area (Å²) in [5.41, 5.74) is -1.08. The Bertz CT molecular complexity index is 1410. The Hall–Kier alpha value is -3.50. The summed E-state index contributed by atoms with van der Waals surface area (Å²) >= 11 is 0. The number of aliphatic hydroxyl groups is 1. The minimum atomic E-state index is -1.17. The maximum absolute atomic E-state index is 15.0. The molecule has 10 nitrogen and oxygen atoms in total. The Balaban J connectivity index is 1.69. The number of nitrogens with one attached hydrogen (secondary N) is 1. The minimum Gasteiger partial charge on any atom is -0.455 e. The molecule has 0 aliphatic carbocycles. The van der Waals surface area contributed by atoms with E-state index in [1.165, 1.54) is 0 Å². The number of carbonyl (C=O) groups excluding carboxylic acids is 4. The molecule has 4 rings (SSSR count). The Morgan fingerprint density at radius 1 is 1.10 bits per heavy atom. The summed E-state index contributed by atoms with van der Waals surface area (Å²) in [6.07, 6.45) is 7.47. The van der Waals surface area contributed by atoms with Crippen molar-refractivity contribution in [2.75, 3.05) is 19.7 Å². The highest BCUT2D eigenvalue weighted by molar-refractivity contribution is 5.98. The van der Waals surface area contributed by atoms with Crippen LogP contribution in [0.4, 0.5) is 0 Å². The molecule has 0 saturated carbocycles. The first-order valence-corrected chi connectivity index (χ1v) is 18.8. The molecule has 3 aliphatic heterocycles. The predicted molar refractivity (Wildman–Crippen MR) is 197 cm³/mol. The number of nitrogens with zero attached hydrogens (tertiary/aromatic N) is 2. The molecule has 51 heavy (non-hydrogen) atoms. The van der Waals surface area contributed by atoms with Gasteiger partial charge in [-0.25, -0.2) is 0 Å². The zero-order valence-electron chi connectivity index (χ0n) is 31.7. The molecule has 1 aromatic rings. The van der Waals surface area contributed by atoms with Gasteiger partial charge in [-0.15, -0.1) is 13.2 Å². The summed E-state index contributed by atoms with van der Waals surface area (Å²) in [6, 6.07) is 7.82. The van der Waals surface area contributed by atoms with E-state index in [1.807, 2.05) is 35.2 Å². The Morgan fingerprint density at radius 3 is 2.41 bits per heavy atom. The maximum Gasteiger partial charge on any atom is 0.313 e. The van der Waals surface area contributed by atoms with Crippen LogP contribution in [-0.2, 0) is 28.7 Å². The maximum atomic E-state index is 15.0. The second-order valence-electron chi connectivity index (χ2n) is 16.5. The number of rotatable bonds is 19. The third-order valence-electron chi connectivity index (χ3n) is 10.7. The lowest BCUT2D eigenvalue weighted by Crippen LogP contribution is -2.61. The predicted octanol–water partition coefficient (Wildman–Crippen LogP) is 5.90. The fraction of sp³-hybridized carbons (Fsp3) is 0.659. The number of allylic oxidation sites excluding steroid dienone is 1. The lowest BCUT2D eigenvalue weighted by molar-refractivity contribution is -0.162. The van der Waals surface area contributed by atoms with Crippen molar-refractivity contribution in [3.05, 3.63) is 61.2 Å². The summed E-state index contributed by atoms with van der Waals surface area (Å²) in [4.78, 5) is 60.3. The van der Waals surface area contributed by atoms with Crippen molar-refractivity contribution in [2.45, 2.75) is 135 Å². The molecule has 3 fully saturated rings. The fourth-order valence-corrected chi connectivity index (χ4v) is 8.93. The van der Waals surface area contributed by atoms with Crippen LogP contribution in [0.2, 0.25) is 0 Å². The van der Waals surface area contributed by atoms with Gasteiger partial charge in [-0.2, -0.15) is 0 Å². The Labute approximate surface area is 305 Å². The molecule has 3 amide bonds. The van der Waals surface area contributed by atoms with Gasteiger partial charge >= 0.3 is 5.97 Å². The molecule has 1 aromatic carbocycles. The highest BCUT2D eigenvalue weighted by Crippen LogP contribution is 2.59. The number of benzene rings is 1. The van der Waals surface area contributed by atoms with Crippen LogP contribution in [0.25, 0.3) is 0 Å². The molecule has 10 heteroatoms. The topological polar surface area (TPSA) is 125 Å². The van der Waals surface area contributed by atoms with Crippen LogP contribution in [0.5, 0.6) is 0 Å². The van der Waals surface area contributed by atoms with Crippen molar-refractivity contribution in [3.8, 4) is 0 Å². The summed E-state index contributed by atoms with van der Waals surface area (Å²) in [7, 11) is 0. The number of hydrogen-bond acceptors (Lipinski definition) is 7. The third kappa shape index (κ3) is 8.94. The second kappa shape index (κ2) is 16.9. The Morgan fingerprint density at radius 2 is 1.78 bits per heavy atom. The monoisotopic (exact) mass is 707 g/mol. The highest BCUT2D eigenvalue weighted by Gasteiger charge is 2.75. The van der Waals surface area contributed by atoms with E-state index in [1.54, 1.807) is 24.0 Å². The first-order valence-electron chi connectivity index (χ1n) is 18.8. The van der Waals surface area contributed by atoms with Crippen molar-refractivity contribution < 1.29 is 33.8 Å². The lowest BCUT2D eigenvalue weighted by atomic mass is 9.70. The number of amides is 3.